The minimum absolute atomic E-state index is 0.186. The fourth-order valence-electron chi connectivity index (χ4n) is 2.34. The lowest BCUT2D eigenvalue weighted by Gasteiger charge is -2.20. The Balaban J connectivity index is 2.37. The molecule has 3 amide bonds. The molecule has 0 unspecified atom stereocenters. The van der Waals surface area contributed by atoms with Gasteiger partial charge in [0.05, 0.1) is 10.6 Å². The zero-order chi connectivity index (χ0) is 14.9. The van der Waals surface area contributed by atoms with Crippen molar-refractivity contribution in [3.8, 4) is 0 Å². The molecule has 6 heteroatoms. The second kappa shape index (κ2) is 5.25. The van der Waals surface area contributed by atoms with Gasteiger partial charge in [-0.1, -0.05) is 37.6 Å². The molecule has 1 aromatic carbocycles. The van der Waals surface area contributed by atoms with Crippen LogP contribution in [0.1, 0.15) is 37.0 Å². The van der Waals surface area contributed by atoms with Gasteiger partial charge in [-0.15, -0.1) is 0 Å². The van der Waals surface area contributed by atoms with Crippen LogP contribution < -0.4 is 5.43 Å². The molecule has 0 atom stereocenters. The van der Waals surface area contributed by atoms with Crippen LogP contribution in [0, 0.1) is 5.41 Å². The molecule has 1 aliphatic heterocycles. The molecule has 0 aliphatic carbocycles. The van der Waals surface area contributed by atoms with E-state index in [1.165, 1.54) is 6.07 Å². The van der Waals surface area contributed by atoms with E-state index in [4.69, 9.17) is 11.6 Å². The first-order valence-electron chi connectivity index (χ1n) is 6.42. The van der Waals surface area contributed by atoms with Crippen molar-refractivity contribution in [2.45, 2.75) is 26.7 Å². The van der Waals surface area contributed by atoms with E-state index in [9.17, 15) is 14.4 Å². The molecule has 1 aromatic rings. The number of amides is 3. The molecule has 20 heavy (non-hydrogen) atoms. The fraction of sp³-hybridized carbons (Fsp3) is 0.357. The van der Waals surface area contributed by atoms with Crippen LogP contribution in [0.15, 0.2) is 24.3 Å². The van der Waals surface area contributed by atoms with Crippen LogP contribution in [0.4, 0.5) is 0 Å². The Kier molecular flexibility index (Phi) is 3.81. The Labute approximate surface area is 121 Å². The van der Waals surface area contributed by atoms with Gasteiger partial charge in [0.1, 0.15) is 5.41 Å². The van der Waals surface area contributed by atoms with Crippen molar-refractivity contribution in [2.24, 2.45) is 5.41 Å². The minimum atomic E-state index is -1.16. The number of nitrogens with zero attached hydrogens (tertiary/aromatic N) is 1. The van der Waals surface area contributed by atoms with Crippen LogP contribution in [0.5, 0.6) is 0 Å². The maximum Gasteiger partial charge on any atom is 0.281 e. The highest BCUT2D eigenvalue weighted by Gasteiger charge is 2.53. The Morgan fingerprint density at radius 2 is 1.85 bits per heavy atom. The lowest BCUT2D eigenvalue weighted by molar-refractivity contribution is -0.138. The van der Waals surface area contributed by atoms with E-state index >= 15 is 0 Å². The zero-order valence-corrected chi connectivity index (χ0v) is 12.0. The standard InChI is InChI=1S/C14H15ClN2O3/c1-3-14(4-2)12(19)16-17(13(14)20)11(18)9-7-5-6-8-10(9)15/h5-8H,3-4H2,1-2H3,(H,16,19). The molecule has 2 rings (SSSR count). The van der Waals surface area contributed by atoms with E-state index in [0.29, 0.717) is 12.8 Å². The third kappa shape index (κ3) is 1.98. The summed E-state index contributed by atoms with van der Waals surface area (Å²) >= 11 is 5.95. The molecule has 0 spiro atoms. The molecule has 1 N–H and O–H groups in total. The summed E-state index contributed by atoms with van der Waals surface area (Å²) in [5, 5.41) is 1.02. The molecular formula is C14H15ClN2O3. The number of carbonyl (C=O) groups excluding carboxylic acids is 3. The first-order valence-corrected chi connectivity index (χ1v) is 6.80. The summed E-state index contributed by atoms with van der Waals surface area (Å²) in [5.41, 5.74) is 1.39. The molecule has 1 fully saturated rings. The van der Waals surface area contributed by atoms with Gasteiger partial charge in [-0.25, -0.2) is 0 Å². The topological polar surface area (TPSA) is 66.5 Å². The van der Waals surface area contributed by atoms with Crippen molar-refractivity contribution >= 4 is 29.3 Å². The summed E-state index contributed by atoms with van der Waals surface area (Å²) in [6, 6.07) is 6.41. The van der Waals surface area contributed by atoms with Crippen molar-refractivity contribution in [3.63, 3.8) is 0 Å². The number of hydrogen-bond donors (Lipinski definition) is 1. The number of hydrogen-bond acceptors (Lipinski definition) is 3. The average molecular weight is 295 g/mol. The highest BCUT2D eigenvalue weighted by atomic mass is 35.5. The molecule has 0 aromatic heterocycles. The maximum atomic E-state index is 12.4. The summed E-state index contributed by atoms with van der Waals surface area (Å²) in [6.45, 7) is 3.51. The molecule has 1 saturated heterocycles. The van der Waals surface area contributed by atoms with E-state index in [-0.39, 0.29) is 10.6 Å². The third-order valence-corrected chi connectivity index (χ3v) is 4.10. The normalized spacial score (nSPS) is 17.2. The van der Waals surface area contributed by atoms with Gasteiger partial charge in [-0.05, 0) is 25.0 Å². The summed E-state index contributed by atoms with van der Waals surface area (Å²) in [7, 11) is 0. The summed E-state index contributed by atoms with van der Waals surface area (Å²) in [5.74, 6) is -1.57. The predicted molar refractivity (Wildman–Crippen MR) is 73.8 cm³/mol. The van der Waals surface area contributed by atoms with Crippen LogP contribution in [0.3, 0.4) is 0 Å². The van der Waals surface area contributed by atoms with Gasteiger partial charge in [-0.2, -0.15) is 5.01 Å². The summed E-state index contributed by atoms with van der Waals surface area (Å²) in [4.78, 5) is 36.8. The molecule has 5 nitrogen and oxygen atoms in total. The van der Waals surface area contributed by atoms with Crippen molar-refractivity contribution in [3.05, 3.63) is 34.9 Å². The van der Waals surface area contributed by atoms with E-state index in [1.807, 2.05) is 0 Å². The quantitative estimate of drug-likeness (QED) is 0.686. The van der Waals surface area contributed by atoms with Gasteiger partial charge >= 0.3 is 0 Å². The smallest absolute Gasteiger partial charge is 0.272 e. The number of benzene rings is 1. The van der Waals surface area contributed by atoms with Gasteiger partial charge in [0.15, 0.2) is 0 Å². The minimum Gasteiger partial charge on any atom is -0.272 e. The lowest BCUT2D eigenvalue weighted by atomic mass is 9.82. The monoisotopic (exact) mass is 294 g/mol. The molecule has 1 heterocycles. The Morgan fingerprint density at radius 1 is 1.25 bits per heavy atom. The Morgan fingerprint density at radius 3 is 2.35 bits per heavy atom. The lowest BCUT2D eigenvalue weighted by Crippen LogP contribution is -2.42. The van der Waals surface area contributed by atoms with Gasteiger partial charge in [-0.3, -0.25) is 19.8 Å². The molecule has 106 valence electrons. The second-order valence-electron chi connectivity index (χ2n) is 4.66. The number of halogens is 1. The van der Waals surface area contributed by atoms with E-state index < -0.39 is 23.1 Å². The van der Waals surface area contributed by atoms with Crippen LogP contribution in [-0.2, 0) is 9.59 Å². The highest BCUT2D eigenvalue weighted by molar-refractivity contribution is 6.34. The van der Waals surface area contributed by atoms with Gasteiger partial charge in [0.2, 0.25) is 0 Å². The predicted octanol–water partition coefficient (Wildman–Crippen LogP) is 2.16. The van der Waals surface area contributed by atoms with E-state index in [1.54, 1.807) is 32.0 Å². The number of carbonyl (C=O) groups is 3. The molecular weight excluding hydrogens is 280 g/mol. The van der Waals surface area contributed by atoms with Gasteiger partial charge in [0.25, 0.3) is 17.7 Å². The molecule has 1 aliphatic rings. The van der Waals surface area contributed by atoms with Crippen molar-refractivity contribution < 1.29 is 14.4 Å². The zero-order valence-electron chi connectivity index (χ0n) is 11.3. The summed E-state index contributed by atoms with van der Waals surface area (Å²) < 4.78 is 0. The van der Waals surface area contributed by atoms with E-state index in [0.717, 1.165) is 5.01 Å². The van der Waals surface area contributed by atoms with Gasteiger partial charge in [0, 0.05) is 0 Å². The van der Waals surface area contributed by atoms with Crippen LogP contribution in [0.2, 0.25) is 5.02 Å². The number of rotatable bonds is 3. The largest absolute Gasteiger partial charge is 0.281 e. The van der Waals surface area contributed by atoms with Gasteiger partial charge < -0.3 is 0 Å². The number of hydrazine groups is 1. The maximum absolute atomic E-state index is 12.4. The van der Waals surface area contributed by atoms with Crippen LogP contribution in [0.25, 0.3) is 0 Å². The Bertz CT molecular complexity index is 582. The molecule has 0 saturated carbocycles. The number of nitrogens with one attached hydrogen (secondary N) is 1. The van der Waals surface area contributed by atoms with Crippen molar-refractivity contribution in [1.82, 2.24) is 10.4 Å². The van der Waals surface area contributed by atoms with Crippen molar-refractivity contribution in [1.29, 1.82) is 0 Å². The molecule has 0 radical (unpaired) electrons. The Hall–Kier alpha value is -1.88. The van der Waals surface area contributed by atoms with Crippen LogP contribution in [-0.4, -0.2) is 22.7 Å². The third-order valence-electron chi connectivity index (χ3n) is 3.77. The highest BCUT2D eigenvalue weighted by Crippen LogP contribution is 2.34. The molecule has 0 bridgehead atoms. The first kappa shape index (κ1) is 14.5. The van der Waals surface area contributed by atoms with Crippen LogP contribution >= 0.6 is 11.6 Å². The SMILES string of the molecule is CCC1(CC)C(=O)NN(C(=O)c2ccccc2Cl)C1=O. The van der Waals surface area contributed by atoms with Crippen molar-refractivity contribution in [2.75, 3.05) is 0 Å². The average Bonchev–Trinajstić information content (AvgIpc) is 2.70. The fourth-order valence-corrected chi connectivity index (χ4v) is 2.56. The second-order valence-corrected chi connectivity index (χ2v) is 5.06. The first-order chi connectivity index (χ1) is 9.47. The number of imide groups is 1. The van der Waals surface area contributed by atoms with E-state index in [2.05, 4.69) is 5.43 Å². The summed E-state index contributed by atoms with van der Waals surface area (Å²) in [6.07, 6.45) is 0.695.